The van der Waals surface area contributed by atoms with Gasteiger partial charge in [0.15, 0.2) is 0 Å². The number of amides is 1. The normalized spacial score (nSPS) is 24.8. The molecule has 0 radical (unpaired) electrons. The Balaban J connectivity index is 2.00. The lowest BCUT2D eigenvalue weighted by atomic mass is 9.91. The van der Waals surface area contributed by atoms with Crippen LogP contribution < -0.4 is 5.73 Å². The molecule has 1 aromatic heterocycles. The van der Waals surface area contributed by atoms with Gasteiger partial charge in [-0.3, -0.25) is 4.79 Å². The van der Waals surface area contributed by atoms with Crippen LogP contribution >= 0.6 is 11.3 Å². The average molecular weight is 294 g/mol. The number of thiophene rings is 1. The second-order valence-electron chi connectivity index (χ2n) is 6.48. The monoisotopic (exact) mass is 294 g/mol. The van der Waals surface area contributed by atoms with Crippen molar-refractivity contribution in [3.8, 4) is 0 Å². The van der Waals surface area contributed by atoms with Crippen LogP contribution in [0.2, 0.25) is 0 Å². The van der Waals surface area contributed by atoms with Crippen molar-refractivity contribution in [1.82, 2.24) is 4.90 Å². The SMILES string of the molecule is CC1CC(C)(C)c2sc(N)c(C(=O)N3CCOCC3)c21. The van der Waals surface area contributed by atoms with Gasteiger partial charge in [-0.05, 0) is 17.9 Å². The molecule has 0 spiro atoms. The maximum Gasteiger partial charge on any atom is 0.257 e. The fourth-order valence-electron chi connectivity index (χ4n) is 3.54. The van der Waals surface area contributed by atoms with E-state index >= 15 is 0 Å². The first-order chi connectivity index (χ1) is 9.42. The number of fused-ring (bicyclic) bond motifs is 1. The van der Waals surface area contributed by atoms with E-state index in [4.69, 9.17) is 10.5 Å². The molecule has 0 saturated carbocycles. The number of anilines is 1. The number of morpholine rings is 1. The van der Waals surface area contributed by atoms with E-state index < -0.39 is 0 Å². The van der Waals surface area contributed by atoms with Crippen LogP contribution in [0, 0.1) is 0 Å². The number of rotatable bonds is 1. The van der Waals surface area contributed by atoms with E-state index in [0.29, 0.717) is 37.2 Å². The summed E-state index contributed by atoms with van der Waals surface area (Å²) >= 11 is 1.61. The molecule has 2 heterocycles. The number of nitrogens with zero attached hydrogens (tertiary/aromatic N) is 1. The zero-order valence-corrected chi connectivity index (χ0v) is 13.2. The Labute approximate surface area is 123 Å². The van der Waals surface area contributed by atoms with Crippen LogP contribution in [0.5, 0.6) is 0 Å². The maximum absolute atomic E-state index is 12.8. The summed E-state index contributed by atoms with van der Waals surface area (Å²) < 4.78 is 5.32. The summed E-state index contributed by atoms with van der Waals surface area (Å²) in [6.07, 6.45) is 1.10. The molecule has 1 fully saturated rings. The van der Waals surface area contributed by atoms with Crippen molar-refractivity contribution < 1.29 is 9.53 Å². The molecule has 1 unspecified atom stereocenters. The number of nitrogens with two attached hydrogens (primary N) is 1. The number of hydrogen-bond donors (Lipinski definition) is 1. The van der Waals surface area contributed by atoms with Gasteiger partial charge in [0.2, 0.25) is 0 Å². The quantitative estimate of drug-likeness (QED) is 0.866. The third kappa shape index (κ3) is 2.04. The van der Waals surface area contributed by atoms with Crippen molar-refractivity contribution in [2.24, 2.45) is 0 Å². The first-order valence-electron chi connectivity index (χ1n) is 7.21. The van der Waals surface area contributed by atoms with Crippen LogP contribution in [0.25, 0.3) is 0 Å². The molecule has 1 aliphatic heterocycles. The van der Waals surface area contributed by atoms with Crippen LogP contribution in [0.4, 0.5) is 5.00 Å². The molecular weight excluding hydrogens is 272 g/mol. The summed E-state index contributed by atoms with van der Waals surface area (Å²) in [6.45, 7) is 9.28. The second kappa shape index (κ2) is 4.74. The summed E-state index contributed by atoms with van der Waals surface area (Å²) in [6, 6.07) is 0. The largest absolute Gasteiger partial charge is 0.390 e. The van der Waals surface area contributed by atoms with E-state index in [0.717, 1.165) is 12.0 Å². The Morgan fingerprint density at radius 1 is 1.40 bits per heavy atom. The lowest BCUT2D eigenvalue weighted by Gasteiger charge is -2.27. The highest BCUT2D eigenvalue weighted by molar-refractivity contribution is 7.16. The van der Waals surface area contributed by atoms with Crippen LogP contribution in [0.15, 0.2) is 0 Å². The molecule has 1 amide bonds. The van der Waals surface area contributed by atoms with Crippen molar-refractivity contribution in [2.45, 2.75) is 38.5 Å². The molecule has 5 heteroatoms. The molecule has 1 atom stereocenters. The molecule has 20 heavy (non-hydrogen) atoms. The zero-order valence-electron chi connectivity index (χ0n) is 12.4. The van der Waals surface area contributed by atoms with Crippen molar-refractivity contribution in [2.75, 3.05) is 32.0 Å². The lowest BCUT2D eigenvalue weighted by molar-refractivity contribution is 0.0303. The molecule has 0 aromatic carbocycles. The van der Waals surface area contributed by atoms with Gasteiger partial charge in [-0.15, -0.1) is 11.3 Å². The van der Waals surface area contributed by atoms with E-state index in [1.54, 1.807) is 11.3 Å². The first-order valence-corrected chi connectivity index (χ1v) is 8.03. The van der Waals surface area contributed by atoms with Crippen molar-refractivity contribution in [3.63, 3.8) is 0 Å². The summed E-state index contributed by atoms with van der Waals surface area (Å²) in [5, 5.41) is 0.686. The van der Waals surface area contributed by atoms with Gasteiger partial charge in [0.25, 0.3) is 5.91 Å². The molecular formula is C15H22N2O2S. The van der Waals surface area contributed by atoms with E-state index in [1.165, 1.54) is 10.4 Å². The lowest BCUT2D eigenvalue weighted by Crippen LogP contribution is -2.41. The molecule has 2 aliphatic rings. The second-order valence-corrected chi connectivity index (χ2v) is 7.53. The third-order valence-corrected chi connectivity index (χ3v) is 5.81. The summed E-state index contributed by atoms with van der Waals surface area (Å²) in [5.41, 5.74) is 8.29. The van der Waals surface area contributed by atoms with Crippen LogP contribution in [0.3, 0.4) is 0 Å². The zero-order chi connectivity index (χ0) is 14.5. The Kier molecular flexibility index (Phi) is 3.29. The van der Waals surface area contributed by atoms with Gasteiger partial charge in [-0.2, -0.15) is 0 Å². The Bertz CT molecular complexity index is 544. The third-order valence-electron chi connectivity index (χ3n) is 4.41. The van der Waals surface area contributed by atoms with E-state index in [2.05, 4.69) is 20.8 Å². The maximum atomic E-state index is 12.8. The molecule has 2 N–H and O–H groups in total. The summed E-state index contributed by atoms with van der Waals surface area (Å²) in [7, 11) is 0. The molecule has 3 rings (SSSR count). The molecule has 1 aliphatic carbocycles. The van der Waals surface area contributed by atoms with Crippen molar-refractivity contribution >= 4 is 22.2 Å². The smallest absolute Gasteiger partial charge is 0.257 e. The van der Waals surface area contributed by atoms with Crippen LogP contribution in [0.1, 0.15) is 53.9 Å². The van der Waals surface area contributed by atoms with Gasteiger partial charge in [0.05, 0.1) is 23.8 Å². The minimum absolute atomic E-state index is 0.0906. The first kappa shape index (κ1) is 13.9. The fourth-order valence-corrected chi connectivity index (χ4v) is 4.83. The Morgan fingerprint density at radius 2 is 2.05 bits per heavy atom. The molecule has 110 valence electrons. The van der Waals surface area contributed by atoms with E-state index in [-0.39, 0.29) is 11.3 Å². The average Bonchev–Trinajstić information content (AvgIpc) is 2.86. The van der Waals surface area contributed by atoms with Gasteiger partial charge >= 0.3 is 0 Å². The number of carbonyl (C=O) groups is 1. The number of hydrogen-bond acceptors (Lipinski definition) is 4. The Morgan fingerprint density at radius 3 is 2.70 bits per heavy atom. The molecule has 1 saturated heterocycles. The van der Waals surface area contributed by atoms with Crippen molar-refractivity contribution in [3.05, 3.63) is 16.0 Å². The number of carbonyl (C=O) groups excluding carboxylic acids is 1. The predicted molar refractivity (Wildman–Crippen MR) is 81.5 cm³/mol. The summed E-state index contributed by atoms with van der Waals surface area (Å²) in [5.74, 6) is 0.501. The molecule has 0 bridgehead atoms. The highest BCUT2D eigenvalue weighted by atomic mass is 32.1. The molecule has 4 nitrogen and oxygen atoms in total. The Hall–Kier alpha value is -1.07. The fraction of sp³-hybridized carbons (Fsp3) is 0.667. The summed E-state index contributed by atoms with van der Waals surface area (Å²) in [4.78, 5) is 16.0. The highest BCUT2D eigenvalue weighted by Gasteiger charge is 2.41. The van der Waals surface area contributed by atoms with Gasteiger partial charge in [-0.1, -0.05) is 20.8 Å². The van der Waals surface area contributed by atoms with Crippen LogP contribution in [-0.4, -0.2) is 37.1 Å². The standard InChI is InChI=1S/C15H22N2O2S/c1-9-8-15(2,3)12-10(9)11(13(16)20-12)14(18)17-4-6-19-7-5-17/h9H,4-8,16H2,1-3H3. The minimum Gasteiger partial charge on any atom is -0.390 e. The highest BCUT2D eigenvalue weighted by Crippen LogP contribution is 2.52. The van der Waals surface area contributed by atoms with Gasteiger partial charge in [-0.25, -0.2) is 0 Å². The number of nitrogen functional groups attached to an aromatic ring is 1. The topological polar surface area (TPSA) is 55.6 Å². The van der Waals surface area contributed by atoms with Gasteiger partial charge < -0.3 is 15.4 Å². The van der Waals surface area contributed by atoms with Gasteiger partial charge in [0.1, 0.15) is 0 Å². The van der Waals surface area contributed by atoms with Crippen molar-refractivity contribution in [1.29, 1.82) is 0 Å². The number of ether oxygens (including phenoxy) is 1. The van der Waals surface area contributed by atoms with Gasteiger partial charge in [0, 0.05) is 23.4 Å². The predicted octanol–water partition coefficient (Wildman–Crippen LogP) is 2.59. The van der Waals surface area contributed by atoms with Crippen LogP contribution in [-0.2, 0) is 10.2 Å². The molecule has 1 aromatic rings. The van der Waals surface area contributed by atoms with E-state index in [9.17, 15) is 4.79 Å². The van der Waals surface area contributed by atoms with E-state index in [1.807, 2.05) is 4.90 Å². The minimum atomic E-state index is 0.0906.